The van der Waals surface area contributed by atoms with E-state index in [2.05, 4.69) is 5.32 Å². The molecule has 0 saturated carbocycles. The number of amides is 2. The molecule has 1 aromatic rings. The van der Waals surface area contributed by atoms with Gasteiger partial charge in [0.1, 0.15) is 0 Å². The van der Waals surface area contributed by atoms with Gasteiger partial charge in [-0.3, -0.25) is 9.59 Å². The SMILES string of the molecule is COC[C@@H](C)N1C[C@@H](C(=O)Nc2cccc(Cl)c2)CC1=O. The van der Waals surface area contributed by atoms with Gasteiger partial charge in [0.2, 0.25) is 11.8 Å². The van der Waals surface area contributed by atoms with E-state index in [9.17, 15) is 9.59 Å². The lowest BCUT2D eigenvalue weighted by Crippen LogP contribution is -2.38. The van der Waals surface area contributed by atoms with Gasteiger partial charge in [-0.25, -0.2) is 0 Å². The summed E-state index contributed by atoms with van der Waals surface area (Å²) in [5.41, 5.74) is 0.642. The third-order valence-electron chi connectivity index (χ3n) is 3.56. The molecule has 2 atom stereocenters. The van der Waals surface area contributed by atoms with Crippen molar-refractivity contribution in [1.82, 2.24) is 4.90 Å². The Hall–Kier alpha value is -1.59. The fraction of sp³-hybridized carbons (Fsp3) is 0.467. The highest BCUT2D eigenvalue weighted by molar-refractivity contribution is 6.30. The fourth-order valence-electron chi connectivity index (χ4n) is 2.47. The molecular formula is C15H19ClN2O3. The molecule has 6 heteroatoms. The van der Waals surface area contributed by atoms with E-state index in [-0.39, 0.29) is 30.2 Å². The van der Waals surface area contributed by atoms with Gasteiger partial charge in [0.05, 0.1) is 18.6 Å². The molecule has 114 valence electrons. The smallest absolute Gasteiger partial charge is 0.229 e. The summed E-state index contributed by atoms with van der Waals surface area (Å²) in [6.45, 7) is 2.81. The summed E-state index contributed by atoms with van der Waals surface area (Å²) in [7, 11) is 1.60. The van der Waals surface area contributed by atoms with E-state index in [1.807, 2.05) is 6.92 Å². The topological polar surface area (TPSA) is 58.6 Å². The van der Waals surface area contributed by atoms with Crippen molar-refractivity contribution in [2.45, 2.75) is 19.4 Å². The third-order valence-corrected chi connectivity index (χ3v) is 3.80. The maximum atomic E-state index is 12.2. The molecule has 21 heavy (non-hydrogen) atoms. The van der Waals surface area contributed by atoms with Gasteiger partial charge in [-0.2, -0.15) is 0 Å². The molecule has 1 aromatic carbocycles. The third kappa shape index (κ3) is 3.95. The minimum atomic E-state index is -0.337. The minimum absolute atomic E-state index is 0.00852. The Morgan fingerprint density at radius 2 is 2.33 bits per heavy atom. The Kier molecular flexibility index (Phi) is 5.20. The van der Waals surface area contributed by atoms with Crippen molar-refractivity contribution in [3.05, 3.63) is 29.3 Å². The van der Waals surface area contributed by atoms with Gasteiger partial charge in [0, 0.05) is 30.8 Å². The molecule has 1 aliphatic heterocycles. The maximum absolute atomic E-state index is 12.2. The molecule has 1 aliphatic rings. The summed E-state index contributed by atoms with van der Waals surface area (Å²) in [4.78, 5) is 25.9. The van der Waals surface area contributed by atoms with Crippen LogP contribution >= 0.6 is 11.6 Å². The van der Waals surface area contributed by atoms with Gasteiger partial charge in [-0.15, -0.1) is 0 Å². The van der Waals surface area contributed by atoms with Gasteiger partial charge < -0.3 is 15.0 Å². The summed E-state index contributed by atoms with van der Waals surface area (Å²) in [6, 6.07) is 6.94. The quantitative estimate of drug-likeness (QED) is 0.906. The largest absolute Gasteiger partial charge is 0.383 e. The average Bonchev–Trinajstić information content (AvgIpc) is 2.81. The zero-order chi connectivity index (χ0) is 15.4. The van der Waals surface area contributed by atoms with Crippen molar-refractivity contribution in [2.75, 3.05) is 25.6 Å². The number of nitrogens with one attached hydrogen (secondary N) is 1. The molecule has 0 aliphatic carbocycles. The van der Waals surface area contributed by atoms with Crippen LogP contribution in [0.3, 0.4) is 0 Å². The Labute approximate surface area is 129 Å². The predicted molar refractivity (Wildman–Crippen MR) is 81.2 cm³/mol. The molecular weight excluding hydrogens is 292 g/mol. The normalized spacial score (nSPS) is 19.7. The van der Waals surface area contributed by atoms with Crippen molar-refractivity contribution in [3.63, 3.8) is 0 Å². The number of nitrogens with zero attached hydrogens (tertiary/aromatic N) is 1. The monoisotopic (exact) mass is 310 g/mol. The highest BCUT2D eigenvalue weighted by atomic mass is 35.5. The van der Waals surface area contributed by atoms with Crippen molar-refractivity contribution < 1.29 is 14.3 Å². The molecule has 1 fully saturated rings. The first-order valence-electron chi connectivity index (χ1n) is 6.86. The molecule has 2 amide bonds. The van der Waals surface area contributed by atoms with E-state index in [4.69, 9.17) is 16.3 Å². The highest BCUT2D eigenvalue weighted by Gasteiger charge is 2.36. The van der Waals surface area contributed by atoms with Crippen LogP contribution < -0.4 is 5.32 Å². The molecule has 1 heterocycles. The maximum Gasteiger partial charge on any atom is 0.229 e. The van der Waals surface area contributed by atoms with Crippen LogP contribution in [-0.4, -0.2) is 43.0 Å². The van der Waals surface area contributed by atoms with Gasteiger partial charge in [0.15, 0.2) is 0 Å². The molecule has 0 unspecified atom stereocenters. The van der Waals surface area contributed by atoms with Crippen molar-refractivity contribution in [1.29, 1.82) is 0 Å². The van der Waals surface area contributed by atoms with E-state index >= 15 is 0 Å². The van der Waals surface area contributed by atoms with E-state index < -0.39 is 0 Å². The highest BCUT2D eigenvalue weighted by Crippen LogP contribution is 2.23. The number of rotatable bonds is 5. The van der Waals surface area contributed by atoms with E-state index in [0.29, 0.717) is 23.9 Å². The van der Waals surface area contributed by atoms with Crippen LogP contribution in [0.5, 0.6) is 0 Å². The summed E-state index contributed by atoms with van der Waals surface area (Å²) in [6.07, 6.45) is 0.237. The van der Waals surface area contributed by atoms with Crippen LogP contribution in [0, 0.1) is 5.92 Å². The molecule has 5 nitrogen and oxygen atoms in total. The second kappa shape index (κ2) is 6.91. The second-order valence-electron chi connectivity index (χ2n) is 5.25. The Morgan fingerprint density at radius 3 is 3.00 bits per heavy atom. The number of likely N-dealkylation sites (tertiary alicyclic amines) is 1. The molecule has 1 saturated heterocycles. The Bertz CT molecular complexity index is 535. The van der Waals surface area contributed by atoms with Crippen molar-refractivity contribution >= 4 is 29.1 Å². The minimum Gasteiger partial charge on any atom is -0.383 e. The fourth-order valence-corrected chi connectivity index (χ4v) is 2.67. The average molecular weight is 311 g/mol. The summed E-state index contributed by atoms with van der Waals surface area (Å²) in [5, 5.41) is 3.36. The molecule has 0 spiro atoms. The van der Waals surface area contributed by atoms with Crippen LogP contribution in [0.25, 0.3) is 0 Å². The van der Waals surface area contributed by atoms with Gasteiger partial charge >= 0.3 is 0 Å². The lowest BCUT2D eigenvalue weighted by Gasteiger charge is -2.23. The first kappa shape index (κ1) is 15.8. The molecule has 2 rings (SSSR count). The predicted octanol–water partition coefficient (Wildman–Crippen LogP) is 2.16. The van der Waals surface area contributed by atoms with Gasteiger partial charge in [-0.1, -0.05) is 17.7 Å². The van der Waals surface area contributed by atoms with E-state index in [1.165, 1.54) is 0 Å². The first-order chi connectivity index (χ1) is 10.0. The number of carbonyl (C=O) groups is 2. The lowest BCUT2D eigenvalue weighted by atomic mass is 10.1. The number of hydrogen-bond donors (Lipinski definition) is 1. The van der Waals surface area contributed by atoms with Crippen molar-refractivity contribution in [2.24, 2.45) is 5.92 Å². The number of halogens is 1. The van der Waals surface area contributed by atoms with Crippen LogP contribution in [0.4, 0.5) is 5.69 Å². The first-order valence-corrected chi connectivity index (χ1v) is 7.24. The number of hydrogen-bond acceptors (Lipinski definition) is 3. The number of anilines is 1. The number of carbonyl (C=O) groups excluding carboxylic acids is 2. The van der Waals surface area contributed by atoms with Crippen LogP contribution in [0.15, 0.2) is 24.3 Å². The van der Waals surface area contributed by atoms with Gasteiger partial charge in [-0.05, 0) is 25.1 Å². The standard InChI is InChI=1S/C15H19ClN2O3/c1-10(9-21-2)18-8-11(6-14(18)19)15(20)17-13-5-3-4-12(16)7-13/h3-5,7,10-11H,6,8-9H2,1-2H3,(H,17,20)/t10-,11+/m1/s1. The lowest BCUT2D eigenvalue weighted by molar-refractivity contribution is -0.130. The summed E-state index contributed by atoms with van der Waals surface area (Å²) in [5.74, 6) is -0.501. The van der Waals surface area contributed by atoms with E-state index in [0.717, 1.165) is 0 Å². The molecule has 1 N–H and O–H groups in total. The number of methoxy groups -OCH3 is 1. The Balaban J connectivity index is 1.97. The zero-order valence-electron chi connectivity index (χ0n) is 12.1. The zero-order valence-corrected chi connectivity index (χ0v) is 12.9. The number of benzene rings is 1. The summed E-state index contributed by atoms with van der Waals surface area (Å²) < 4.78 is 5.06. The van der Waals surface area contributed by atoms with Crippen LogP contribution in [-0.2, 0) is 14.3 Å². The van der Waals surface area contributed by atoms with E-state index in [1.54, 1.807) is 36.3 Å². The Morgan fingerprint density at radius 1 is 1.57 bits per heavy atom. The van der Waals surface area contributed by atoms with Crippen LogP contribution in [0.1, 0.15) is 13.3 Å². The summed E-state index contributed by atoms with van der Waals surface area (Å²) >= 11 is 5.88. The van der Waals surface area contributed by atoms with Crippen molar-refractivity contribution in [3.8, 4) is 0 Å². The molecule has 0 bridgehead atoms. The number of ether oxygens (including phenoxy) is 1. The molecule has 0 radical (unpaired) electrons. The second-order valence-corrected chi connectivity index (χ2v) is 5.69. The van der Waals surface area contributed by atoms with Gasteiger partial charge in [0.25, 0.3) is 0 Å². The van der Waals surface area contributed by atoms with Crippen LogP contribution in [0.2, 0.25) is 5.02 Å². The molecule has 0 aromatic heterocycles.